The van der Waals surface area contributed by atoms with E-state index in [4.69, 9.17) is 9.26 Å². The first-order valence-electron chi connectivity index (χ1n) is 8.43. The fourth-order valence-electron chi connectivity index (χ4n) is 2.91. The van der Waals surface area contributed by atoms with Gasteiger partial charge in [0.15, 0.2) is 0 Å². The summed E-state index contributed by atoms with van der Waals surface area (Å²) in [6.07, 6.45) is -0.385. The number of carbonyl (C=O) groups is 1. The molecule has 3 heterocycles. The van der Waals surface area contributed by atoms with Crippen LogP contribution in [0.3, 0.4) is 0 Å². The number of ether oxygens (including phenoxy) is 1. The van der Waals surface area contributed by atoms with Gasteiger partial charge in [0, 0.05) is 19.0 Å². The van der Waals surface area contributed by atoms with Crippen molar-refractivity contribution in [3.05, 3.63) is 53.3 Å². The van der Waals surface area contributed by atoms with Gasteiger partial charge < -0.3 is 14.2 Å². The molecule has 0 saturated carbocycles. The van der Waals surface area contributed by atoms with E-state index in [1.165, 1.54) is 5.56 Å². The van der Waals surface area contributed by atoms with Crippen molar-refractivity contribution in [2.75, 3.05) is 19.7 Å². The van der Waals surface area contributed by atoms with E-state index in [9.17, 15) is 4.79 Å². The molecule has 1 aliphatic heterocycles. The quantitative estimate of drug-likeness (QED) is 0.776. The topological polar surface area (TPSA) is 97.1 Å². The van der Waals surface area contributed by atoms with Crippen LogP contribution in [0.1, 0.15) is 33.9 Å². The molecule has 1 fully saturated rings. The third-order valence-electron chi connectivity index (χ3n) is 4.34. The maximum absolute atomic E-state index is 12.8. The summed E-state index contributed by atoms with van der Waals surface area (Å²) in [5, 5.41) is 11.0. The number of hydrogen-bond donors (Lipinski definition) is 1. The second-order valence-electron chi connectivity index (χ2n) is 6.32. The van der Waals surface area contributed by atoms with Gasteiger partial charge in [-0.1, -0.05) is 35.0 Å². The van der Waals surface area contributed by atoms with Gasteiger partial charge in [0.05, 0.1) is 18.8 Å². The van der Waals surface area contributed by atoms with Crippen molar-refractivity contribution in [3.63, 3.8) is 0 Å². The van der Waals surface area contributed by atoms with Gasteiger partial charge in [-0.05, 0) is 13.0 Å². The van der Waals surface area contributed by atoms with Crippen LogP contribution >= 0.6 is 0 Å². The van der Waals surface area contributed by atoms with Gasteiger partial charge in [0.25, 0.3) is 5.91 Å². The Labute approximate surface area is 150 Å². The molecule has 1 atom stereocenters. The summed E-state index contributed by atoms with van der Waals surface area (Å²) in [6, 6.07) is 9.79. The summed E-state index contributed by atoms with van der Waals surface area (Å²) in [5.41, 5.74) is 3.34. The number of aryl methyl sites for hydroxylation is 2. The fraction of sp³-hybridized carbons (Fsp3) is 0.333. The molecule has 26 heavy (non-hydrogen) atoms. The van der Waals surface area contributed by atoms with E-state index in [1.807, 2.05) is 31.2 Å². The van der Waals surface area contributed by atoms with Crippen molar-refractivity contribution < 1.29 is 14.1 Å². The van der Waals surface area contributed by atoms with Gasteiger partial charge in [0.2, 0.25) is 11.7 Å². The van der Waals surface area contributed by atoms with E-state index in [0.717, 1.165) is 11.3 Å². The summed E-state index contributed by atoms with van der Waals surface area (Å²) in [7, 11) is 0. The molecule has 8 heteroatoms. The molecule has 1 aliphatic rings. The molecule has 1 aromatic carbocycles. The first kappa shape index (κ1) is 16.5. The number of nitrogens with one attached hydrogen (secondary N) is 1. The number of amides is 1. The van der Waals surface area contributed by atoms with Gasteiger partial charge in [-0.15, -0.1) is 0 Å². The zero-order chi connectivity index (χ0) is 18.1. The molecule has 0 aliphatic carbocycles. The maximum Gasteiger partial charge on any atom is 0.272 e. The maximum atomic E-state index is 12.8. The lowest BCUT2D eigenvalue weighted by molar-refractivity contribution is -0.0278. The van der Waals surface area contributed by atoms with E-state index in [2.05, 4.69) is 20.3 Å². The number of carbonyl (C=O) groups excluding carboxylic acids is 1. The van der Waals surface area contributed by atoms with E-state index < -0.39 is 0 Å². The van der Waals surface area contributed by atoms with Crippen LogP contribution in [0, 0.1) is 13.8 Å². The predicted molar refractivity (Wildman–Crippen MR) is 92.4 cm³/mol. The lowest BCUT2D eigenvalue weighted by Crippen LogP contribution is -2.42. The number of rotatable bonds is 3. The highest BCUT2D eigenvalue weighted by molar-refractivity contribution is 5.93. The second kappa shape index (κ2) is 6.72. The van der Waals surface area contributed by atoms with Gasteiger partial charge in [-0.25, -0.2) is 0 Å². The Morgan fingerprint density at radius 3 is 2.81 bits per heavy atom. The summed E-state index contributed by atoms with van der Waals surface area (Å²) in [6.45, 7) is 5.05. The minimum absolute atomic E-state index is 0.121. The third kappa shape index (κ3) is 3.23. The summed E-state index contributed by atoms with van der Waals surface area (Å²) in [5.74, 6) is 0.817. The van der Waals surface area contributed by atoms with E-state index in [0.29, 0.717) is 37.1 Å². The molecule has 4 rings (SSSR count). The lowest BCUT2D eigenvalue weighted by Gasteiger charge is -2.31. The molecule has 1 unspecified atom stereocenters. The minimum atomic E-state index is -0.385. The van der Waals surface area contributed by atoms with Crippen molar-refractivity contribution in [3.8, 4) is 11.3 Å². The second-order valence-corrected chi connectivity index (χ2v) is 6.32. The number of H-pyrrole nitrogens is 1. The monoisotopic (exact) mass is 353 g/mol. The average Bonchev–Trinajstić information content (AvgIpc) is 3.31. The van der Waals surface area contributed by atoms with Crippen LogP contribution in [0.25, 0.3) is 11.3 Å². The third-order valence-corrected chi connectivity index (χ3v) is 4.34. The molecule has 134 valence electrons. The van der Waals surface area contributed by atoms with E-state index in [1.54, 1.807) is 17.9 Å². The van der Waals surface area contributed by atoms with Crippen molar-refractivity contribution in [1.82, 2.24) is 25.2 Å². The van der Waals surface area contributed by atoms with Gasteiger partial charge in [-0.2, -0.15) is 10.1 Å². The van der Waals surface area contributed by atoms with Crippen molar-refractivity contribution in [1.29, 1.82) is 0 Å². The molecule has 0 bridgehead atoms. The minimum Gasteiger partial charge on any atom is -0.366 e. The zero-order valence-electron chi connectivity index (χ0n) is 14.6. The first-order valence-corrected chi connectivity index (χ1v) is 8.43. The molecular weight excluding hydrogens is 334 g/mol. The Hall–Kier alpha value is -3.00. The Morgan fingerprint density at radius 1 is 1.27 bits per heavy atom. The Balaban J connectivity index is 1.49. The van der Waals surface area contributed by atoms with Crippen LogP contribution in [-0.2, 0) is 4.74 Å². The predicted octanol–water partition coefficient (Wildman–Crippen LogP) is 2.29. The van der Waals surface area contributed by atoms with Crippen molar-refractivity contribution in [2.45, 2.75) is 20.0 Å². The van der Waals surface area contributed by atoms with Crippen molar-refractivity contribution in [2.24, 2.45) is 0 Å². The molecular formula is C18H19N5O3. The van der Waals surface area contributed by atoms with Crippen LogP contribution in [0.2, 0.25) is 0 Å². The lowest BCUT2D eigenvalue weighted by atomic mass is 10.1. The van der Waals surface area contributed by atoms with Gasteiger partial charge in [0.1, 0.15) is 11.8 Å². The Kier molecular flexibility index (Phi) is 4.26. The molecule has 0 spiro atoms. The molecule has 8 nitrogen and oxygen atoms in total. The number of benzene rings is 1. The standard InChI is InChI=1S/C18H19N5O3/c1-11-3-5-13(6-4-11)14-9-15(21-20-14)18(24)23-7-8-25-16(10-23)17-19-12(2)26-22-17/h3-6,9,16H,7-8,10H2,1-2H3,(H,20,21). The smallest absolute Gasteiger partial charge is 0.272 e. The van der Waals surface area contributed by atoms with Crippen LogP contribution in [0.4, 0.5) is 0 Å². The van der Waals surface area contributed by atoms with Crippen LogP contribution < -0.4 is 0 Å². The highest BCUT2D eigenvalue weighted by Gasteiger charge is 2.29. The molecule has 1 amide bonds. The number of aromatic nitrogens is 4. The zero-order valence-corrected chi connectivity index (χ0v) is 14.6. The highest BCUT2D eigenvalue weighted by atomic mass is 16.5. The summed E-state index contributed by atoms with van der Waals surface area (Å²) in [4.78, 5) is 18.7. The van der Waals surface area contributed by atoms with Crippen LogP contribution in [-0.4, -0.2) is 50.8 Å². The first-order chi connectivity index (χ1) is 12.6. The molecule has 2 aromatic heterocycles. The van der Waals surface area contributed by atoms with Crippen LogP contribution in [0.15, 0.2) is 34.9 Å². The summed E-state index contributed by atoms with van der Waals surface area (Å²) < 4.78 is 10.7. The number of hydrogen-bond acceptors (Lipinski definition) is 6. The van der Waals surface area contributed by atoms with Gasteiger partial charge in [-0.3, -0.25) is 9.89 Å². The Bertz CT molecular complexity index is 915. The van der Waals surface area contributed by atoms with Crippen molar-refractivity contribution >= 4 is 5.91 Å². The normalized spacial score (nSPS) is 17.5. The molecule has 1 N–H and O–H groups in total. The SMILES string of the molecule is Cc1ccc(-c2cc(C(=O)N3CCOC(c4noc(C)n4)C3)[nH]n2)cc1. The molecule has 0 radical (unpaired) electrons. The highest BCUT2D eigenvalue weighted by Crippen LogP contribution is 2.23. The molecule has 1 saturated heterocycles. The fourth-order valence-corrected chi connectivity index (χ4v) is 2.91. The van der Waals surface area contributed by atoms with Gasteiger partial charge >= 0.3 is 0 Å². The number of nitrogens with zero attached hydrogens (tertiary/aromatic N) is 4. The Morgan fingerprint density at radius 2 is 2.08 bits per heavy atom. The molecule has 3 aromatic rings. The van der Waals surface area contributed by atoms with E-state index in [-0.39, 0.29) is 12.0 Å². The van der Waals surface area contributed by atoms with E-state index >= 15 is 0 Å². The largest absolute Gasteiger partial charge is 0.366 e. The number of aromatic amines is 1. The average molecular weight is 353 g/mol. The number of morpholine rings is 1. The van der Waals surface area contributed by atoms with Crippen LogP contribution in [0.5, 0.6) is 0 Å². The summed E-state index contributed by atoms with van der Waals surface area (Å²) >= 11 is 0.